The van der Waals surface area contributed by atoms with Gasteiger partial charge in [0.2, 0.25) is 0 Å². The molecule has 0 radical (unpaired) electrons. The molecule has 34 heavy (non-hydrogen) atoms. The average molecular weight is 471 g/mol. The monoisotopic (exact) mass is 470 g/mol. The number of hydrazone groups is 1. The molecule has 1 amide bonds. The van der Waals surface area contributed by atoms with Crippen LogP contribution in [0.1, 0.15) is 38.7 Å². The maximum Gasteiger partial charge on any atom is 0.414 e. The van der Waals surface area contributed by atoms with E-state index < -0.39 is 0 Å². The largest absolute Gasteiger partial charge is 0.449 e. The molecule has 1 saturated heterocycles. The van der Waals surface area contributed by atoms with Gasteiger partial charge in [-0.1, -0.05) is 45.6 Å². The fourth-order valence-corrected chi connectivity index (χ4v) is 3.98. The van der Waals surface area contributed by atoms with Crippen LogP contribution in [0.15, 0.2) is 60.4 Å². The lowest BCUT2D eigenvalue weighted by Gasteiger charge is -2.33. The summed E-state index contributed by atoms with van der Waals surface area (Å²) in [7, 11) is 0. The third-order valence-electron chi connectivity index (χ3n) is 6.09. The van der Waals surface area contributed by atoms with Crippen LogP contribution in [0.4, 0.5) is 14.9 Å². The summed E-state index contributed by atoms with van der Waals surface area (Å²) in [5.41, 5.74) is 2.45. The van der Waals surface area contributed by atoms with E-state index in [1.54, 1.807) is 35.3 Å². The van der Waals surface area contributed by atoms with Gasteiger partial charge in [0.25, 0.3) is 0 Å². The van der Waals surface area contributed by atoms with Crippen molar-refractivity contribution in [2.24, 2.45) is 11.0 Å². The molecule has 0 aromatic heterocycles. The van der Waals surface area contributed by atoms with Crippen LogP contribution in [0.3, 0.4) is 0 Å². The van der Waals surface area contributed by atoms with Gasteiger partial charge in [0.15, 0.2) is 0 Å². The minimum atomic E-state index is -0.357. The molecular weight excluding hydrogens is 431 g/mol. The summed E-state index contributed by atoms with van der Waals surface area (Å²) in [5, 5.41) is 6.03. The highest BCUT2D eigenvalue weighted by Gasteiger charge is 2.28. The predicted octanol–water partition coefficient (Wildman–Crippen LogP) is 5.63. The van der Waals surface area contributed by atoms with E-state index in [-0.39, 0.29) is 17.8 Å². The molecule has 1 aromatic carbocycles. The SMILES string of the molecule is C=C/C=C\C(=C)N1CC(CCN(CC)CCc2cc(F)ccc2N(CCCC)N=C)COC1=O. The number of cyclic esters (lactones) is 1. The van der Waals surface area contributed by atoms with E-state index in [2.05, 4.69) is 43.7 Å². The first-order valence-electron chi connectivity index (χ1n) is 12.1. The zero-order valence-corrected chi connectivity index (χ0v) is 20.7. The molecule has 0 bridgehead atoms. The van der Waals surface area contributed by atoms with Gasteiger partial charge in [-0.15, -0.1) is 0 Å². The van der Waals surface area contributed by atoms with E-state index in [4.69, 9.17) is 4.74 Å². The summed E-state index contributed by atoms with van der Waals surface area (Å²) in [4.78, 5) is 16.1. The number of nitrogens with zero attached hydrogens (tertiary/aromatic N) is 4. The molecule has 7 heteroatoms. The molecule has 0 aliphatic carbocycles. The molecule has 0 saturated carbocycles. The second-order valence-electron chi connectivity index (χ2n) is 8.50. The fourth-order valence-electron chi connectivity index (χ4n) is 3.98. The second-order valence-corrected chi connectivity index (χ2v) is 8.50. The Bertz CT molecular complexity index is 870. The Labute approximate surface area is 204 Å². The normalized spacial score (nSPS) is 16.1. The quantitative estimate of drug-likeness (QED) is 0.189. The third kappa shape index (κ3) is 8.13. The number of carbonyl (C=O) groups excluding carboxylic acids is 1. The van der Waals surface area contributed by atoms with Crippen molar-refractivity contribution in [1.82, 2.24) is 9.80 Å². The van der Waals surface area contributed by atoms with E-state index in [0.717, 1.165) is 56.7 Å². The van der Waals surface area contributed by atoms with Crippen molar-refractivity contribution in [2.45, 2.75) is 39.5 Å². The minimum Gasteiger partial charge on any atom is -0.449 e. The number of allylic oxidation sites excluding steroid dienone is 3. The first-order chi connectivity index (χ1) is 16.4. The molecule has 0 N–H and O–H groups in total. The molecule has 1 atom stereocenters. The maximum absolute atomic E-state index is 14.0. The number of carbonyl (C=O) groups is 1. The van der Waals surface area contributed by atoms with Crippen LogP contribution in [0.5, 0.6) is 0 Å². The van der Waals surface area contributed by atoms with Gasteiger partial charge in [-0.2, -0.15) is 5.10 Å². The van der Waals surface area contributed by atoms with Crippen molar-refractivity contribution in [3.05, 3.63) is 66.7 Å². The molecule has 1 heterocycles. The molecule has 1 aliphatic rings. The van der Waals surface area contributed by atoms with Gasteiger partial charge in [-0.3, -0.25) is 9.91 Å². The molecule has 2 rings (SSSR count). The van der Waals surface area contributed by atoms with Gasteiger partial charge < -0.3 is 9.64 Å². The van der Waals surface area contributed by atoms with Gasteiger partial charge in [0, 0.05) is 38.0 Å². The van der Waals surface area contributed by atoms with E-state index in [1.807, 2.05) is 5.01 Å². The van der Waals surface area contributed by atoms with Crippen LogP contribution >= 0.6 is 0 Å². The van der Waals surface area contributed by atoms with Crippen LogP contribution in [0.25, 0.3) is 0 Å². The van der Waals surface area contributed by atoms with Crippen molar-refractivity contribution < 1.29 is 13.9 Å². The number of hydrogen-bond donors (Lipinski definition) is 0. The van der Waals surface area contributed by atoms with E-state index in [1.165, 1.54) is 6.07 Å². The summed E-state index contributed by atoms with van der Waals surface area (Å²) >= 11 is 0. The highest BCUT2D eigenvalue weighted by atomic mass is 19.1. The van der Waals surface area contributed by atoms with Gasteiger partial charge in [0.05, 0.1) is 12.3 Å². The smallest absolute Gasteiger partial charge is 0.414 e. The number of hydrogen-bond acceptors (Lipinski definition) is 5. The number of benzene rings is 1. The van der Waals surface area contributed by atoms with Crippen LogP contribution in [-0.4, -0.2) is 61.9 Å². The predicted molar refractivity (Wildman–Crippen MR) is 139 cm³/mol. The lowest BCUT2D eigenvalue weighted by Crippen LogP contribution is -2.43. The summed E-state index contributed by atoms with van der Waals surface area (Å²) in [6.45, 7) is 19.9. The van der Waals surface area contributed by atoms with Crippen molar-refractivity contribution in [3.8, 4) is 0 Å². The summed E-state index contributed by atoms with van der Waals surface area (Å²) in [5.74, 6) is -0.0176. The number of rotatable bonds is 15. The van der Waals surface area contributed by atoms with Crippen LogP contribution in [0, 0.1) is 11.7 Å². The number of amides is 1. The topological polar surface area (TPSA) is 48.4 Å². The fraction of sp³-hybridized carbons (Fsp3) is 0.481. The second kappa shape index (κ2) is 14.4. The Hall–Kier alpha value is -2.93. The van der Waals surface area contributed by atoms with Crippen LogP contribution in [-0.2, 0) is 11.2 Å². The Morgan fingerprint density at radius 2 is 2.12 bits per heavy atom. The number of unbranched alkanes of at least 4 members (excludes halogenated alkanes) is 1. The third-order valence-corrected chi connectivity index (χ3v) is 6.09. The van der Waals surface area contributed by atoms with Crippen LogP contribution < -0.4 is 5.01 Å². The first kappa shape index (κ1) is 27.3. The highest BCUT2D eigenvalue weighted by Crippen LogP contribution is 2.24. The molecule has 1 aromatic rings. The number of likely N-dealkylation sites (N-methyl/N-ethyl adjacent to an activating group) is 1. The zero-order chi connectivity index (χ0) is 24.9. The molecule has 186 valence electrons. The molecule has 1 aliphatic heterocycles. The minimum absolute atomic E-state index is 0.222. The molecule has 6 nitrogen and oxygen atoms in total. The standard InChI is InChI=1S/C27H39FN4O2/c1-6-9-11-22(4)31-20-23(21-34-27(31)33)14-17-30(8-3)18-15-24-19-25(28)12-13-26(24)32(29-5)16-10-7-2/h6,9,11-13,19,23H,1,4-5,7-8,10,14-18,20-21H2,2-3H3/b11-9-. The zero-order valence-electron chi connectivity index (χ0n) is 20.7. The average Bonchev–Trinajstić information content (AvgIpc) is 2.84. The first-order valence-corrected chi connectivity index (χ1v) is 12.1. The summed E-state index contributed by atoms with van der Waals surface area (Å²) in [6.07, 6.45) is 8.46. The highest BCUT2D eigenvalue weighted by molar-refractivity contribution is 5.71. The van der Waals surface area contributed by atoms with Crippen molar-refractivity contribution >= 4 is 18.5 Å². The molecular formula is C27H39FN4O2. The number of anilines is 1. The summed E-state index contributed by atoms with van der Waals surface area (Å²) in [6, 6.07) is 4.88. The maximum atomic E-state index is 14.0. The van der Waals surface area contributed by atoms with Crippen molar-refractivity contribution in [3.63, 3.8) is 0 Å². The van der Waals surface area contributed by atoms with Crippen molar-refractivity contribution in [1.29, 1.82) is 0 Å². The van der Waals surface area contributed by atoms with Gasteiger partial charge >= 0.3 is 6.09 Å². The van der Waals surface area contributed by atoms with Gasteiger partial charge in [-0.05, 0) is 62.2 Å². The Kier molecular flexibility index (Phi) is 11.5. The Morgan fingerprint density at radius 1 is 1.32 bits per heavy atom. The van der Waals surface area contributed by atoms with Gasteiger partial charge in [0.1, 0.15) is 5.82 Å². The Balaban J connectivity index is 1.96. The van der Waals surface area contributed by atoms with E-state index in [9.17, 15) is 9.18 Å². The molecule has 0 spiro atoms. The van der Waals surface area contributed by atoms with Crippen molar-refractivity contribution in [2.75, 3.05) is 44.3 Å². The van der Waals surface area contributed by atoms with Gasteiger partial charge in [-0.25, -0.2) is 9.18 Å². The van der Waals surface area contributed by atoms with E-state index >= 15 is 0 Å². The number of halogens is 1. The number of ether oxygens (including phenoxy) is 1. The lowest BCUT2D eigenvalue weighted by molar-refractivity contribution is 0.0516. The summed E-state index contributed by atoms with van der Waals surface area (Å²) < 4.78 is 19.4. The van der Waals surface area contributed by atoms with Crippen LogP contribution in [0.2, 0.25) is 0 Å². The molecule has 1 fully saturated rings. The lowest BCUT2D eigenvalue weighted by atomic mass is 10.0. The Morgan fingerprint density at radius 3 is 2.79 bits per heavy atom. The molecule has 1 unspecified atom stereocenters. The van der Waals surface area contributed by atoms with E-state index in [0.29, 0.717) is 25.3 Å².